The van der Waals surface area contributed by atoms with E-state index in [9.17, 15) is 18.3 Å². The van der Waals surface area contributed by atoms with E-state index in [0.29, 0.717) is 18.5 Å². The fourth-order valence-electron chi connectivity index (χ4n) is 3.21. The number of aromatic hydroxyl groups is 1. The number of sulfonamides is 1. The largest absolute Gasteiger partial charge is 0.506 e. The van der Waals surface area contributed by atoms with E-state index in [4.69, 9.17) is 0 Å². The van der Waals surface area contributed by atoms with Crippen molar-refractivity contribution in [2.75, 3.05) is 13.1 Å². The van der Waals surface area contributed by atoms with Gasteiger partial charge in [0.15, 0.2) is 0 Å². The van der Waals surface area contributed by atoms with Crippen LogP contribution >= 0.6 is 11.5 Å². The van der Waals surface area contributed by atoms with Gasteiger partial charge in [0.2, 0.25) is 10.0 Å². The number of phenolic OH excluding ortho intramolecular Hbond substituents is 1. The third kappa shape index (κ3) is 2.84. The number of nitrogens with zero attached hydrogens (tertiary/aromatic N) is 2. The van der Waals surface area contributed by atoms with Gasteiger partial charge >= 0.3 is 0 Å². The van der Waals surface area contributed by atoms with Gasteiger partial charge in [-0.15, -0.1) is 0 Å². The summed E-state index contributed by atoms with van der Waals surface area (Å²) in [5, 5.41) is 10.8. The Hall–Kier alpha value is -2.16. The second-order valence-electron chi connectivity index (χ2n) is 6.30. The molecule has 0 bridgehead atoms. The summed E-state index contributed by atoms with van der Waals surface area (Å²) in [5.41, 5.74) is -0.0808. The van der Waals surface area contributed by atoms with E-state index in [1.165, 1.54) is 38.0 Å². The van der Waals surface area contributed by atoms with Crippen LogP contribution in [0.3, 0.4) is 0 Å². The highest BCUT2D eigenvalue weighted by atomic mass is 32.2. The molecule has 1 N–H and O–H groups in total. The van der Waals surface area contributed by atoms with Gasteiger partial charge in [0, 0.05) is 13.1 Å². The Morgan fingerprint density at radius 3 is 2.46 bits per heavy atom. The van der Waals surface area contributed by atoms with Crippen LogP contribution < -0.4 is 5.56 Å². The van der Waals surface area contributed by atoms with Crippen LogP contribution in [0.2, 0.25) is 0 Å². The topological polar surface area (TPSA) is 79.6 Å². The standard InChI is InChI=1S/C18H18N2O4S2/c21-16-9-8-13(26(23,24)19-10-4-1-5-11-19)12-15(16)20-18(22)14-6-2-3-7-17(14)25-20/h2-3,6-9,12,21H,1,4-5,10-11H2. The Bertz CT molecular complexity index is 1130. The lowest BCUT2D eigenvalue weighted by Crippen LogP contribution is -2.35. The molecule has 136 valence electrons. The lowest BCUT2D eigenvalue weighted by molar-refractivity contribution is 0.346. The van der Waals surface area contributed by atoms with Crippen LogP contribution in [0.4, 0.5) is 0 Å². The van der Waals surface area contributed by atoms with Gasteiger partial charge in [-0.05, 0) is 43.2 Å². The number of piperidine rings is 1. The maximum absolute atomic E-state index is 12.9. The Kier molecular flexibility index (Phi) is 4.34. The molecule has 0 unspecified atom stereocenters. The zero-order valence-electron chi connectivity index (χ0n) is 14.0. The molecule has 3 aromatic rings. The highest BCUT2D eigenvalue weighted by Crippen LogP contribution is 2.30. The van der Waals surface area contributed by atoms with E-state index < -0.39 is 10.0 Å². The van der Waals surface area contributed by atoms with Crippen molar-refractivity contribution in [2.45, 2.75) is 24.2 Å². The number of rotatable bonds is 3. The molecule has 1 fully saturated rings. The quantitative estimate of drug-likeness (QED) is 0.746. The van der Waals surface area contributed by atoms with Crippen molar-refractivity contribution in [3.8, 4) is 11.4 Å². The SMILES string of the molecule is O=c1c2ccccc2sn1-c1cc(S(=O)(=O)N2CCCCC2)ccc1O. The van der Waals surface area contributed by atoms with Crippen LogP contribution in [0.1, 0.15) is 19.3 Å². The molecule has 1 aliphatic rings. The third-order valence-electron chi connectivity index (χ3n) is 4.61. The number of phenols is 1. The van der Waals surface area contributed by atoms with Gasteiger partial charge in [-0.1, -0.05) is 30.1 Å². The first-order valence-corrected chi connectivity index (χ1v) is 10.6. The fourth-order valence-corrected chi connectivity index (χ4v) is 5.76. The van der Waals surface area contributed by atoms with Gasteiger partial charge < -0.3 is 5.11 Å². The van der Waals surface area contributed by atoms with Gasteiger partial charge in [-0.25, -0.2) is 12.4 Å². The predicted octanol–water partition coefficient (Wildman–Crippen LogP) is 2.93. The zero-order chi connectivity index (χ0) is 18.3. The average Bonchev–Trinajstić information content (AvgIpc) is 2.99. The van der Waals surface area contributed by atoms with Crippen molar-refractivity contribution in [1.29, 1.82) is 0 Å². The van der Waals surface area contributed by atoms with E-state index in [0.717, 1.165) is 24.0 Å². The summed E-state index contributed by atoms with van der Waals surface area (Å²) in [6.45, 7) is 1.00. The first-order chi connectivity index (χ1) is 12.5. The zero-order valence-corrected chi connectivity index (χ0v) is 15.6. The van der Waals surface area contributed by atoms with Crippen LogP contribution in [-0.2, 0) is 10.0 Å². The number of fused-ring (bicyclic) bond motifs is 1. The first kappa shape index (κ1) is 17.3. The first-order valence-electron chi connectivity index (χ1n) is 8.43. The average molecular weight is 390 g/mol. The van der Waals surface area contributed by atoms with Crippen LogP contribution in [0.15, 0.2) is 52.2 Å². The number of benzene rings is 2. The van der Waals surface area contributed by atoms with Crippen molar-refractivity contribution in [3.63, 3.8) is 0 Å². The Balaban J connectivity index is 1.84. The molecule has 1 aromatic heterocycles. The Labute approximate surface area is 155 Å². The lowest BCUT2D eigenvalue weighted by atomic mass is 10.2. The molecule has 8 heteroatoms. The van der Waals surface area contributed by atoms with Crippen LogP contribution in [0.5, 0.6) is 5.75 Å². The molecular formula is C18H18N2O4S2. The van der Waals surface area contributed by atoms with Crippen LogP contribution in [-0.4, -0.2) is 34.9 Å². The summed E-state index contributed by atoms with van der Waals surface area (Å²) in [6.07, 6.45) is 2.73. The molecule has 1 saturated heterocycles. The predicted molar refractivity (Wildman–Crippen MR) is 102 cm³/mol. The normalized spacial score (nSPS) is 16.2. The summed E-state index contributed by atoms with van der Waals surface area (Å²) in [6, 6.07) is 11.3. The molecule has 0 atom stereocenters. The second kappa shape index (κ2) is 6.53. The van der Waals surface area contributed by atoms with E-state index in [1.807, 2.05) is 12.1 Å². The van der Waals surface area contributed by atoms with E-state index in [-0.39, 0.29) is 21.9 Å². The summed E-state index contributed by atoms with van der Waals surface area (Å²) >= 11 is 1.18. The fraction of sp³-hybridized carbons (Fsp3) is 0.278. The minimum absolute atomic E-state index is 0.0940. The highest BCUT2D eigenvalue weighted by molar-refractivity contribution is 7.89. The molecule has 2 aromatic carbocycles. The van der Waals surface area contributed by atoms with E-state index in [2.05, 4.69) is 0 Å². The lowest BCUT2D eigenvalue weighted by Gasteiger charge is -2.26. The van der Waals surface area contributed by atoms with Crippen molar-refractivity contribution in [2.24, 2.45) is 0 Å². The third-order valence-corrected chi connectivity index (χ3v) is 7.60. The molecule has 1 aliphatic heterocycles. The van der Waals surface area contributed by atoms with E-state index in [1.54, 1.807) is 12.1 Å². The minimum atomic E-state index is -3.64. The maximum atomic E-state index is 12.9. The number of hydrogen-bond donors (Lipinski definition) is 1. The molecule has 0 saturated carbocycles. The van der Waals surface area contributed by atoms with Crippen molar-refractivity contribution >= 4 is 31.6 Å². The monoisotopic (exact) mass is 390 g/mol. The van der Waals surface area contributed by atoms with Crippen molar-refractivity contribution in [1.82, 2.24) is 8.26 Å². The maximum Gasteiger partial charge on any atom is 0.273 e. The Morgan fingerprint density at radius 1 is 1.00 bits per heavy atom. The van der Waals surface area contributed by atoms with Gasteiger partial charge in [-0.3, -0.25) is 4.79 Å². The number of aromatic nitrogens is 1. The molecule has 2 heterocycles. The summed E-state index contributed by atoms with van der Waals surface area (Å²) in [4.78, 5) is 12.7. The second-order valence-corrected chi connectivity index (χ2v) is 9.23. The van der Waals surface area contributed by atoms with Crippen molar-refractivity contribution in [3.05, 3.63) is 52.8 Å². The van der Waals surface area contributed by atoms with Crippen molar-refractivity contribution < 1.29 is 13.5 Å². The minimum Gasteiger partial charge on any atom is -0.506 e. The molecule has 4 rings (SSSR count). The summed E-state index contributed by atoms with van der Waals surface area (Å²) in [5.74, 6) is -0.128. The van der Waals surface area contributed by atoms with Crippen LogP contribution in [0, 0.1) is 0 Å². The summed E-state index contributed by atoms with van der Waals surface area (Å²) in [7, 11) is -3.64. The molecule has 0 aliphatic carbocycles. The molecule has 26 heavy (non-hydrogen) atoms. The van der Waals surface area contributed by atoms with Gasteiger partial charge in [-0.2, -0.15) is 4.31 Å². The van der Waals surface area contributed by atoms with Crippen LogP contribution in [0.25, 0.3) is 15.8 Å². The number of hydrogen-bond acceptors (Lipinski definition) is 5. The molecule has 0 amide bonds. The smallest absolute Gasteiger partial charge is 0.273 e. The molecular weight excluding hydrogens is 372 g/mol. The van der Waals surface area contributed by atoms with Gasteiger partial charge in [0.25, 0.3) is 5.56 Å². The summed E-state index contributed by atoms with van der Waals surface area (Å²) < 4.78 is 29.4. The van der Waals surface area contributed by atoms with Gasteiger partial charge in [0.05, 0.1) is 15.0 Å². The highest BCUT2D eigenvalue weighted by Gasteiger charge is 2.27. The molecule has 0 radical (unpaired) electrons. The molecule has 0 spiro atoms. The van der Waals surface area contributed by atoms with E-state index >= 15 is 0 Å². The Morgan fingerprint density at radius 2 is 1.73 bits per heavy atom. The molecule has 6 nitrogen and oxygen atoms in total. The van der Waals surface area contributed by atoms with Gasteiger partial charge in [0.1, 0.15) is 11.4 Å².